The summed E-state index contributed by atoms with van der Waals surface area (Å²) >= 11 is 0. The standard InChI is InChI=1S/C9H13F6NO4/c1-2-5(4-16(18)19)7(17)20-9(14,15)6(10)3-8(11,12)13/h5-6,18-19H,2-4H2,1H3. The lowest BCUT2D eigenvalue weighted by molar-refractivity contribution is -0.316. The maximum absolute atomic E-state index is 13.0. The van der Waals surface area contributed by atoms with Gasteiger partial charge in [-0.2, -0.15) is 22.0 Å². The topological polar surface area (TPSA) is 70.0 Å². The van der Waals surface area contributed by atoms with Crippen molar-refractivity contribution in [3.63, 3.8) is 0 Å². The number of hydrogen-bond acceptors (Lipinski definition) is 5. The minimum absolute atomic E-state index is 0.178. The minimum Gasteiger partial charge on any atom is -0.398 e. The largest absolute Gasteiger partial charge is 0.432 e. The first-order chi connectivity index (χ1) is 8.89. The van der Waals surface area contributed by atoms with Gasteiger partial charge in [0.15, 0.2) is 0 Å². The van der Waals surface area contributed by atoms with Crippen molar-refractivity contribution < 1.29 is 46.3 Å². The van der Waals surface area contributed by atoms with E-state index in [-0.39, 0.29) is 6.42 Å². The van der Waals surface area contributed by atoms with Crippen molar-refractivity contribution in [2.45, 2.75) is 38.2 Å². The Hall–Kier alpha value is -1.07. The second-order valence-electron chi connectivity index (χ2n) is 3.93. The zero-order valence-corrected chi connectivity index (χ0v) is 10.2. The molecule has 0 heterocycles. The number of esters is 1. The second kappa shape index (κ2) is 7.09. The first-order valence-electron chi connectivity index (χ1n) is 5.35. The summed E-state index contributed by atoms with van der Waals surface area (Å²) < 4.78 is 77.5. The molecule has 0 radical (unpaired) electrons. The van der Waals surface area contributed by atoms with Crippen LogP contribution in [0.25, 0.3) is 0 Å². The van der Waals surface area contributed by atoms with Crippen molar-refractivity contribution in [1.29, 1.82) is 0 Å². The van der Waals surface area contributed by atoms with Crippen LogP contribution in [-0.4, -0.2) is 46.6 Å². The normalized spacial score (nSPS) is 16.1. The molecule has 0 spiro atoms. The Morgan fingerprint density at radius 3 is 2.10 bits per heavy atom. The highest BCUT2D eigenvalue weighted by molar-refractivity contribution is 5.72. The fourth-order valence-corrected chi connectivity index (χ4v) is 1.17. The van der Waals surface area contributed by atoms with E-state index in [4.69, 9.17) is 10.4 Å². The Kier molecular flexibility index (Phi) is 6.71. The van der Waals surface area contributed by atoms with Crippen LogP contribution in [0.1, 0.15) is 19.8 Å². The smallest absolute Gasteiger partial charge is 0.398 e. The molecule has 0 aliphatic rings. The SMILES string of the molecule is CCC(CN(O)O)C(=O)OC(F)(F)C(F)CC(F)(F)F. The molecular formula is C9H13F6NO4. The molecule has 0 aromatic carbocycles. The molecule has 2 atom stereocenters. The van der Waals surface area contributed by atoms with E-state index in [1.807, 2.05) is 0 Å². The minimum atomic E-state index is -5.19. The zero-order chi connectivity index (χ0) is 16.1. The molecule has 0 saturated carbocycles. The van der Waals surface area contributed by atoms with Gasteiger partial charge in [-0.25, -0.2) is 4.39 Å². The molecule has 0 bridgehead atoms. The fraction of sp³-hybridized carbons (Fsp3) is 0.889. The number of hydroxylamine groups is 2. The summed E-state index contributed by atoms with van der Waals surface area (Å²) in [7, 11) is 0. The van der Waals surface area contributed by atoms with Gasteiger partial charge in [-0.15, -0.1) is 0 Å². The van der Waals surface area contributed by atoms with E-state index in [9.17, 15) is 31.1 Å². The number of alkyl halides is 6. The molecule has 0 amide bonds. The maximum Gasteiger partial charge on any atom is 0.432 e. The maximum atomic E-state index is 13.0. The van der Waals surface area contributed by atoms with Crippen molar-refractivity contribution in [3.05, 3.63) is 0 Å². The molecule has 2 N–H and O–H groups in total. The van der Waals surface area contributed by atoms with Crippen molar-refractivity contribution in [1.82, 2.24) is 5.23 Å². The Balaban J connectivity index is 4.68. The lowest BCUT2D eigenvalue weighted by Gasteiger charge is -2.24. The first-order valence-corrected chi connectivity index (χ1v) is 5.35. The summed E-state index contributed by atoms with van der Waals surface area (Å²) in [4.78, 5) is 11.2. The molecular weight excluding hydrogens is 300 g/mol. The Morgan fingerprint density at radius 2 is 1.75 bits per heavy atom. The highest BCUT2D eigenvalue weighted by atomic mass is 19.4. The number of carbonyl (C=O) groups is 1. The third-order valence-corrected chi connectivity index (χ3v) is 2.22. The summed E-state index contributed by atoms with van der Waals surface area (Å²) in [6.07, 6.45) is -16.6. The summed E-state index contributed by atoms with van der Waals surface area (Å²) in [6.45, 7) is 0.484. The number of carbonyl (C=O) groups excluding carboxylic acids is 1. The van der Waals surface area contributed by atoms with Crippen LogP contribution in [-0.2, 0) is 9.53 Å². The van der Waals surface area contributed by atoms with Gasteiger partial charge in [0, 0.05) is 0 Å². The van der Waals surface area contributed by atoms with Gasteiger partial charge >= 0.3 is 18.3 Å². The summed E-state index contributed by atoms with van der Waals surface area (Å²) in [5.41, 5.74) is 0. The quantitative estimate of drug-likeness (QED) is 0.429. The number of halogens is 6. The van der Waals surface area contributed by atoms with E-state index in [2.05, 4.69) is 4.74 Å². The molecule has 2 unspecified atom stereocenters. The van der Waals surface area contributed by atoms with Crippen molar-refractivity contribution in [2.75, 3.05) is 6.54 Å². The number of hydrogen-bond donors (Lipinski definition) is 2. The van der Waals surface area contributed by atoms with Gasteiger partial charge < -0.3 is 4.74 Å². The Bertz CT molecular complexity index is 322. The summed E-state index contributed by atoms with van der Waals surface area (Å²) in [6, 6.07) is 0. The van der Waals surface area contributed by atoms with E-state index in [0.29, 0.717) is 0 Å². The molecule has 0 fully saturated rings. The number of rotatable bonds is 7. The van der Waals surface area contributed by atoms with Crippen LogP contribution in [0.5, 0.6) is 0 Å². The van der Waals surface area contributed by atoms with Gasteiger partial charge in [-0.1, -0.05) is 12.2 Å². The van der Waals surface area contributed by atoms with Crippen LogP contribution >= 0.6 is 0 Å². The van der Waals surface area contributed by atoms with Crippen LogP contribution in [0.15, 0.2) is 0 Å². The summed E-state index contributed by atoms with van der Waals surface area (Å²) in [5, 5.41) is 16.4. The second-order valence-corrected chi connectivity index (χ2v) is 3.93. The Morgan fingerprint density at radius 1 is 1.25 bits per heavy atom. The van der Waals surface area contributed by atoms with Gasteiger partial charge in [0.2, 0.25) is 6.17 Å². The molecule has 120 valence electrons. The van der Waals surface area contributed by atoms with Crippen molar-refractivity contribution in [2.24, 2.45) is 5.92 Å². The van der Waals surface area contributed by atoms with Crippen molar-refractivity contribution >= 4 is 5.97 Å². The van der Waals surface area contributed by atoms with E-state index in [0.717, 1.165) is 0 Å². The van der Waals surface area contributed by atoms with Crippen LogP contribution in [0.3, 0.4) is 0 Å². The van der Waals surface area contributed by atoms with Gasteiger partial charge in [-0.05, 0) is 6.42 Å². The summed E-state index contributed by atoms with van der Waals surface area (Å²) in [5.74, 6) is -3.20. The predicted molar refractivity (Wildman–Crippen MR) is 50.7 cm³/mol. The third-order valence-electron chi connectivity index (χ3n) is 2.22. The predicted octanol–water partition coefficient (Wildman–Crippen LogP) is 2.52. The zero-order valence-electron chi connectivity index (χ0n) is 10.2. The van der Waals surface area contributed by atoms with E-state index >= 15 is 0 Å². The average molecular weight is 313 g/mol. The fourth-order valence-electron chi connectivity index (χ4n) is 1.17. The molecule has 0 aromatic rings. The molecule has 5 nitrogen and oxygen atoms in total. The molecule has 0 aromatic heterocycles. The van der Waals surface area contributed by atoms with E-state index in [1.54, 1.807) is 0 Å². The Labute approximate surface area is 109 Å². The van der Waals surface area contributed by atoms with E-state index in [1.165, 1.54) is 6.92 Å². The molecule has 0 aliphatic carbocycles. The van der Waals surface area contributed by atoms with Crippen LogP contribution < -0.4 is 0 Å². The number of nitrogens with zero attached hydrogens (tertiary/aromatic N) is 1. The van der Waals surface area contributed by atoms with Gasteiger partial charge in [0.1, 0.15) is 0 Å². The lowest BCUT2D eigenvalue weighted by Crippen LogP contribution is -2.41. The first kappa shape index (κ1) is 18.9. The number of ether oxygens (including phenoxy) is 1. The third kappa shape index (κ3) is 6.91. The molecule has 20 heavy (non-hydrogen) atoms. The average Bonchev–Trinajstić information content (AvgIpc) is 2.22. The van der Waals surface area contributed by atoms with Gasteiger partial charge in [0.05, 0.1) is 18.9 Å². The van der Waals surface area contributed by atoms with Crippen LogP contribution in [0.2, 0.25) is 0 Å². The molecule has 11 heteroatoms. The van der Waals surface area contributed by atoms with Crippen molar-refractivity contribution in [3.8, 4) is 0 Å². The van der Waals surface area contributed by atoms with Crippen LogP contribution in [0, 0.1) is 5.92 Å². The molecule has 0 aliphatic heterocycles. The molecule has 0 saturated heterocycles. The highest BCUT2D eigenvalue weighted by Gasteiger charge is 2.50. The highest BCUT2D eigenvalue weighted by Crippen LogP contribution is 2.33. The van der Waals surface area contributed by atoms with Gasteiger partial charge in [-0.3, -0.25) is 15.2 Å². The monoisotopic (exact) mass is 313 g/mol. The lowest BCUT2D eigenvalue weighted by atomic mass is 10.1. The molecule has 0 rings (SSSR count). The van der Waals surface area contributed by atoms with Crippen LogP contribution in [0.4, 0.5) is 26.3 Å². The van der Waals surface area contributed by atoms with Gasteiger partial charge in [0.25, 0.3) is 0 Å². The van der Waals surface area contributed by atoms with E-state index < -0.39 is 48.5 Å².